The Labute approximate surface area is 180 Å². The van der Waals surface area contributed by atoms with Gasteiger partial charge < -0.3 is 5.32 Å². The van der Waals surface area contributed by atoms with Crippen molar-refractivity contribution in [1.29, 1.82) is 0 Å². The molecule has 3 heterocycles. The summed E-state index contributed by atoms with van der Waals surface area (Å²) >= 11 is 0. The van der Waals surface area contributed by atoms with Crippen molar-refractivity contribution in [1.82, 2.24) is 40.5 Å². The van der Waals surface area contributed by atoms with Crippen molar-refractivity contribution >= 4 is 12.0 Å². The summed E-state index contributed by atoms with van der Waals surface area (Å²) in [6, 6.07) is 3.92. The molecule has 1 saturated carbocycles. The van der Waals surface area contributed by atoms with Gasteiger partial charge in [0.05, 0.1) is 24.1 Å². The van der Waals surface area contributed by atoms with E-state index < -0.39 is 0 Å². The summed E-state index contributed by atoms with van der Waals surface area (Å²) in [5, 5.41) is 19.6. The molecule has 2 aliphatic carbocycles. The molecule has 0 saturated heterocycles. The number of fused-ring (bicyclic) bond motifs is 1. The van der Waals surface area contributed by atoms with E-state index >= 15 is 0 Å². The van der Waals surface area contributed by atoms with Gasteiger partial charge in [0, 0.05) is 25.4 Å². The third-order valence-electron chi connectivity index (χ3n) is 5.64. The molecule has 3 aromatic heterocycles. The predicted octanol–water partition coefficient (Wildman–Crippen LogP) is 2.16. The van der Waals surface area contributed by atoms with Gasteiger partial charge in [-0.3, -0.25) is 9.48 Å². The molecular formula is C22H24N8O. The quantitative estimate of drug-likeness (QED) is 0.532. The van der Waals surface area contributed by atoms with Crippen molar-refractivity contribution in [2.24, 2.45) is 5.92 Å². The Kier molecular flexibility index (Phi) is 5.47. The summed E-state index contributed by atoms with van der Waals surface area (Å²) < 4.78 is 1.70. The minimum atomic E-state index is -0.286. The minimum Gasteiger partial charge on any atom is -0.343 e. The SMILES string of the molecule is O=C(NCc1ncccn1)c1cn(CCCCc2cc3c(nn2)CC(C2CC2)=C3)nn1. The van der Waals surface area contributed by atoms with Gasteiger partial charge >= 0.3 is 0 Å². The second kappa shape index (κ2) is 8.71. The molecule has 1 fully saturated rings. The predicted molar refractivity (Wildman–Crippen MR) is 113 cm³/mol. The minimum absolute atomic E-state index is 0.256. The van der Waals surface area contributed by atoms with Gasteiger partial charge in [-0.05, 0) is 55.7 Å². The van der Waals surface area contributed by atoms with E-state index in [-0.39, 0.29) is 12.5 Å². The van der Waals surface area contributed by atoms with Gasteiger partial charge in [-0.15, -0.1) is 5.10 Å². The van der Waals surface area contributed by atoms with Crippen LogP contribution in [0.5, 0.6) is 0 Å². The number of allylic oxidation sites excluding steroid dienone is 1. The molecule has 158 valence electrons. The van der Waals surface area contributed by atoms with Crippen LogP contribution in [-0.4, -0.2) is 41.1 Å². The van der Waals surface area contributed by atoms with Crippen LogP contribution in [0.4, 0.5) is 0 Å². The molecule has 9 nitrogen and oxygen atoms in total. The fourth-order valence-electron chi connectivity index (χ4n) is 3.78. The Hall–Kier alpha value is -3.49. The first kappa shape index (κ1) is 19.5. The number of aromatic nitrogens is 7. The smallest absolute Gasteiger partial charge is 0.273 e. The standard InChI is InChI=1S/C22H24N8O/c31-22(25-13-21-23-7-3-8-24-21)20-14-30(29-28-20)9-2-1-4-18-11-17-10-16(15-5-6-15)12-19(17)27-26-18/h3,7-8,10-11,14-15H,1-2,4-6,9,12-13H2,(H,25,31). The Bertz CT molecular complexity index is 1100. The first-order valence-electron chi connectivity index (χ1n) is 10.7. The molecule has 1 N–H and O–H groups in total. The summed E-state index contributed by atoms with van der Waals surface area (Å²) in [7, 11) is 0. The van der Waals surface area contributed by atoms with E-state index in [9.17, 15) is 4.79 Å². The second-order valence-electron chi connectivity index (χ2n) is 8.08. The number of aryl methyl sites for hydroxylation is 2. The average molecular weight is 416 g/mol. The zero-order valence-corrected chi connectivity index (χ0v) is 17.2. The molecule has 0 radical (unpaired) electrons. The first-order chi connectivity index (χ1) is 15.2. The van der Waals surface area contributed by atoms with Crippen LogP contribution in [0.3, 0.4) is 0 Å². The van der Waals surface area contributed by atoms with Crippen LogP contribution in [0.25, 0.3) is 6.08 Å². The summed E-state index contributed by atoms with van der Waals surface area (Å²) in [5.41, 5.74) is 5.23. The van der Waals surface area contributed by atoms with Crippen molar-refractivity contribution in [2.75, 3.05) is 0 Å². The molecule has 0 spiro atoms. The van der Waals surface area contributed by atoms with Crippen LogP contribution < -0.4 is 5.32 Å². The first-order valence-corrected chi connectivity index (χ1v) is 10.7. The number of carbonyl (C=O) groups is 1. The number of nitrogens with one attached hydrogen (secondary N) is 1. The molecule has 0 aliphatic heterocycles. The van der Waals surface area contributed by atoms with Gasteiger partial charge in [0.25, 0.3) is 5.91 Å². The number of hydrogen-bond donors (Lipinski definition) is 1. The van der Waals surface area contributed by atoms with E-state index in [1.54, 1.807) is 29.3 Å². The number of nitrogens with zero attached hydrogens (tertiary/aromatic N) is 7. The van der Waals surface area contributed by atoms with Gasteiger partial charge in [-0.2, -0.15) is 10.2 Å². The van der Waals surface area contributed by atoms with E-state index in [0.29, 0.717) is 18.1 Å². The molecule has 31 heavy (non-hydrogen) atoms. The van der Waals surface area contributed by atoms with Crippen LogP contribution in [0.15, 0.2) is 36.3 Å². The van der Waals surface area contributed by atoms with Gasteiger partial charge in [0.1, 0.15) is 5.82 Å². The van der Waals surface area contributed by atoms with Crippen LogP contribution in [-0.2, 0) is 25.9 Å². The van der Waals surface area contributed by atoms with Crippen molar-refractivity contribution in [3.63, 3.8) is 0 Å². The second-order valence-corrected chi connectivity index (χ2v) is 8.08. The van der Waals surface area contributed by atoms with E-state index in [0.717, 1.165) is 43.0 Å². The third-order valence-corrected chi connectivity index (χ3v) is 5.64. The summed E-state index contributed by atoms with van der Waals surface area (Å²) in [4.78, 5) is 20.4. The molecule has 0 unspecified atom stereocenters. The van der Waals surface area contributed by atoms with Crippen molar-refractivity contribution in [3.8, 4) is 0 Å². The highest BCUT2D eigenvalue weighted by Crippen LogP contribution is 2.41. The monoisotopic (exact) mass is 416 g/mol. The molecule has 3 aromatic rings. The highest BCUT2D eigenvalue weighted by atomic mass is 16.2. The van der Waals surface area contributed by atoms with E-state index in [2.05, 4.69) is 47.9 Å². The maximum absolute atomic E-state index is 12.2. The van der Waals surface area contributed by atoms with Crippen LogP contribution in [0, 0.1) is 5.92 Å². The zero-order valence-electron chi connectivity index (χ0n) is 17.2. The van der Waals surface area contributed by atoms with Crippen LogP contribution in [0.1, 0.15) is 58.9 Å². The zero-order chi connectivity index (χ0) is 21.0. The van der Waals surface area contributed by atoms with Crippen LogP contribution >= 0.6 is 0 Å². The lowest BCUT2D eigenvalue weighted by atomic mass is 10.1. The Morgan fingerprint density at radius 3 is 2.84 bits per heavy atom. The molecule has 0 bridgehead atoms. The Morgan fingerprint density at radius 2 is 2.00 bits per heavy atom. The Balaban J connectivity index is 1.07. The summed E-state index contributed by atoms with van der Waals surface area (Å²) in [5.74, 6) is 1.06. The molecule has 0 atom stereocenters. The van der Waals surface area contributed by atoms with Crippen molar-refractivity contribution < 1.29 is 4.79 Å². The maximum atomic E-state index is 12.2. The lowest BCUT2D eigenvalue weighted by molar-refractivity contribution is 0.0944. The molecular weight excluding hydrogens is 392 g/mol. The van der Waals surface area contributed by atoms with Gasteiger partial charge in [0.2, 0.25) is 0 Å². The van der Waals surface area contributed by atoms with Crippen molar-refractivity contribution in [3.05, 3.63) is 64.8 Å². The number of unbranched alkanes of at least 4 members (excludes halogenated alkanes) is 1. The average Bonchev–Trinajstić information content (AvgIpc) is 3.39. The van der Waals surface area contributed by atoms with E-state index in [1.165, 1.54) is 24.0 Å². The summed E-state index contributed by atoms with van der Waals surface area (Å²) in [6.07, 6.45) is 13.7. The molecule has 1 amide bonds. The van der Waals surface area contributed by atoms with E-state index in [1.807, 2.05) is 0 Å². The Morgan fingerprint density at radius 1 is 1.13 bits per heavy atom. The molecule has 9 heteroatoms. The van der Waals surface area contributed by atoms with Gasteiger partial charge in [-0.25, -0.2) is 9.97 Å². The molecule has 5 rings (SSSR count). The third kappa shape index (κ3) is 4.82. The number of rotatable bonds is 9. The highest BCUT2D eigenvalue weighted by molar-refractivity contribution is 5.91. The molecule has 0 aromatic carbocycles. The normalized spacial score (nSPS) is 14.9. The van der Waals surface area contributed by atoms with Gasteiger partial charge in [0.15, 0.2) is 5.69 Å². The fraction of sp³-hybridized carbons (Fsp3) is 0.409. The number of hydrogen-bond acceptors (Lipinski definition) is 7. The number of amides is 1. The van der Waals surface area contributed by atoms with Gasteiger partial charge in [-0.1, -0.05) is 16.9 Å². The largest absolute Gasteiger partial charge is 0.343 e. The van der Waals surface area contributed by atoms with E-state index in [4.69, 9.17) is 0 Å². The van der Waals surface area contributed by atoms with Crippen LogP contribution in [0.2, 0.25) is 0 Å². The highest BCUT2D eigenvalue weighted by Gasteiger charge is 2.29. The number of carbonyl (C=O) groups excluding carboxylic acids is 1. The fourth-order valence-corrected chi connectivity index (χ4v) is 3.78. The lowest BCUT2D eigenvalue weighted by Gasteiger charge is -2.03. The van der Waals surface area contributed by atoms with Crippen molar-refractivity contribution in [2.45, 2.75) is 51.6 Å². The maximum Gasteiger partial charge on any atom is 0.273 e. The summed E-state index contributed by atoms with van der Waals surface area (Å²) in [6.45, 7) is 0.956. The molecule has 2 aliphatic rings. The topological polar surface area (TPSA) is 111 Å². The lowest BCUT2D eigenvalue weighted by Crippen LogP contribution is -2.24.